The van der Waals surface area contributed by atoms with Gasteiger partial charge in [-0.25, -0.2) is 9.78 Å². The highest BCUT2D eigenvalue weighted by Crippen LogP contribution is 2.26. The molecule has 152 valence electrons. The van der Waals surface area contributed by atoms with Crippen LogP contribution in [0.5, 0.6) is 0 Å². The molecule has 2 heterocycles. The van der Waals surface area contributed by atoms with Crippen molar-refractivity contribution in [2.45, 2.75) is 39.7 Å². The standard InChI is InChI=1S/C26H26N2O2/c1-3-4-7-21-16-24-18(2)14-15-27-25(24)28(21)17-19-10-12-20(13-11-19)22-8-5-6-9-23(22)26(29)30/h5-6,8-16H,3-4,7,17H2,1-2H3,(H,29,30). The number of aromatic carboxylic acids is 1. The van der Waals surface area contributed by atoms with Crippen molar-refractivity contribution in [3.8, 4) is 11.1 Å². The maximum Gasteiger partial charge on any atom is 0.336 e. The van der Waals surface area contributed by atoms with Crippen molar-refractivity contribution >= 4 is 17.0 Å². The minimum atomic E-state index is -0.907. The van der Waals surface area contributed by atoms with E-state index in [1.807, 2.05) is 30.5 Å². The van der Waals surface area contributed by atoms with Gasteiger partial charge in [0, 0.05) is 23.8 Å². The van der Waals surface area contributed by atoms with Crippen LogP contribution in [-0.2, 0) is 13.0 Å². The van der Waals surface area contributed by atoms with E-state index in [1.165, 1.54) is 22.2 Å². The highest BCUT2D eigenvalue weighted by atomic mass is 16.4. The third kappa shape index (κ3) is 3.86. The molecule has 4 nitrogen and oxygen atoms in total. The molecule has 0 bridgehead atoms. The lowest BCUT2D eigenvalue weighted by Gasteiger charge is -2.12. The number of carbonyl (C=O) groups is 1. The summed E-state index contributed by atoms with van der Waals surface area (Å²) in [6, 6.07) is 19.6. The van der Waals surface area contributed by atoms with Crippen molar-refractivity contribution in [2.24, 2.45) is 0 Å². The van der Waals surface area contributed by atoms with Crippen LogP contribution in [0.4, 0.5) is 0 Å². The van der Waals surface area contributed by atoms with Gasteiger partial charge in [0.25, 0.3) is 0 Å². The van der Waals surface area contributed by atoms with Gasteiger partial charge in [0.15, 0.2) is 0 Å². The third-order valence-electron chi connectivity index (χ3n) is 5.65. The largest absolute Gasteiger partial charge is 0.478 e. The highest BCUT2D eigenvalue weighted by Gasteiger charge is 2.13. The summed E-state index contributed by atoms with van der Waals surface area (Å²) in [4.78, 5) is 16.2. The Balaban J connectivity index is 1.68. The van der Waals surface area contributed by atoms with E-state index in [4.69, 9.17) is 0 Å². The van der Waals surface area contributed by atoms with Crippen LogP contribution in [0.3, 0.4) is 0 Å². The predicted molar refractivity (Wildman–Crippen MR) is 121 cm³/mol. The topological polar surface area (TPSA) is 55.1 Å². The first-order valence-corrected chi connectivity index (χ1v) is 10.4. The number of pyridine rings is 1. The Morgan fingerprint density at radius 2 is 1.83 bits per heavy atom. The maximum atomic E-state index is 11.5. The Bertz CT molecular complexity index is 1190. The lowest BCUT2D eigenvalue weighted by atomic mass is 9.99. The fourth-order valence-corrected chi connectivity index (χ4v) is 3.96. The number of rotatable bonds is 7. The molecule has 0 aliphatic carbocycles. The van der Waals surface area contributed by atoms with E-state index < -0.39 is 5.97 Å². The summed E-state index contributed by atoms with van der Waals surface area (Å²) < 4.78 is 2.32. The molecule has 0 saturated heterocycles. The first kappa shape index (κ1) is 19.9. The molecule has 4 rings (SSSR count). The fourth-order valence-electron chi connectivity index (χ4n) is 3.96. The summed E-state index contributed by atoms with van der Waals surface area (Å²) in [6.07, 6.45) is 5.23. The van der Waals surface area contributed by atoms with Crippen molar-refractivity contribution in [1.82, 2.24) is 9.55 Å². The van der Waals surface area contributed by atoms with Crippen molar-refractivity contribution in [2.75, 3.05) is 0 Å². The van der Waals surface area contributed by atoms with Crippen LogP contribution in [0.25, 0.3) is 22.2 Å². The van der Waals surface area contributed by atoms with E-state index in [-0.39, 0.29) is 0 Å². The van der Waals surface area contributed by atoms with Gasteiger partial charge in [-0.2, -0.15) is 0 Å². The summed E-state index contributed by atoms with van der Waals surface area (Å²) in [5, 5.41) is 10.7. The van der Waals surface area contributed by atoms with Crippen molar-refractivity contribution in [3.63, 3.8) is 0 Å². The Labute approximate surface area is 176 Å². The smallest absolute Gasteiger partial charge is 0.336 e. The average molecular weight is 399 g/mol. The van der Waals surface area contributed by atoms with E-state index in [1.54, 1.807) is 12.1 Å². The molecule has 0 unspecified atom stereocenters. The number of hydrogen-bond donors (Lipinski definition) is 1. The zero-order valence-corrected chi connectivity index (χ0v) is 17.4. The number of aromatic nitrogens is 2. The molecule has 0 radical (unpaired) electrons. The van der Waals surface area contributed by atoms with E-state index in [0.717, 1.165) is 42.6 Å². The first-order valence-electron chi connectivity index (χ1n) is 10.4. The molecule has 0 saturated carbocycles. The van der Waals surface area contributed by atoms with Crippen molar-refractivity contribution < 1.29 is 9.90 Å². The summed E-state index contributed by atoms with van der Waals surface area (Å²) in [6.45, 7) is 5.09. The molecular weight excluding hydrogens is 372 g/mol. The summed E-state index contributed by atoms with van der Waals surface area (Å²) in [5.41, 5.74) is 6.74. The van der Waals surface area contributed by atoms with E-state index >= 15 is 0 Å². The van der Waals surface area contributed by atoms with E-state index in [9.17, 15) is 9.90 Å². The number of carboxylic acid groups (broad SMARTS) is 1. The molecule has 4 aromatic rings. The SMILES string of the molecule is CCCCc1cc2c(C)ccnc2n1Cc1ccc(-c2ccccc2C(=O)O)cc1. The molecule has 0 amide bonds. The van der Waals surface area contributed by atoms with Crippen LogP contribution in [0, 0.1) is 6.92 Å². The Morgan fingerprint density at radius 1 is 1.07 bits per heavy atom. The second-order valence-electron chi connectivity index (χ2n) is 7.74. The molecule has 1 N–H and O–H groups in total. The monoisotopic (exact) mass is 398 g/mol. The van der Waals surface area contributed by atoms with Crippen LogP contribution in [0.1, 0.15) is 46.9 Å². The molecule has 0 aliphatic heterocycles. The Morgan fingerprint density at radius 3 is 2.57 bits per heavy atom. The summed E-state index contributed by atoms with van der Waals surface area (Å²) in [7, 11) is 0. The van der Waals surface area contributed by atoms with Crippen molar-refractivity contribution in [3.05, 3.63) is 89.2 Å². The Hall–Kier alpha value is -3.40. The first-order chi connectivity index (χ1) is 14.6. The highest BCUT2D eigenvalue weighted by molar-refractivity contribution is 5.96. The molecule has 2 aromatic carbocycles. The van der Waals surface area contributed by atoms with Crippen LogP contribution < -0.4 is 0 Å². The maximum absolute atomic E-state index is 11.5. The van der Waals surface area contributed by atoms with Gasteiger partial charge < -0.3 is 9.67 Å². The van der Waals surface area contributed by atoms with Gasteiger partial charge in [-0.3, -0.25) is 0 Å². The minimum absolute atomic E-state index is 0.322. The lowest BCUT2D eigenvalue weighted by molar-refractivity contribution is 0.0697. The second-order valence-corrected chi connectivity index (χ2v) is 7.74. The molecule has 0 spiro atoms. The minimum Gasteiger partial charge on any atom is -0.478 e. The van der Waals surface area contributed by atoms with Crippen LogP contribution in [0.2, 0.25) is 0 Å². The number of unbranched alkanes of at least 4 members (excludes halogenated alkanes) is 1. The molecule has 2 aromatic heterocycles. The summed E-state index contributed by atoms with van der Waals surface area (Å²) >= 11 is 0. The third-order valence-corrected chi connectivity index (χ3v) is 5.65. The number of carboxylic acids is 1. The molecule has 30 heavy (non-hydrogen) atoms. The Kier molecular flexibility index (Phi) is 5.66. The quantitative estimate of drug-likeness (QED) is 0.409. The van der Waals surface area contributed by atoms with Crippen LogP contribution in [0.15, 0.2) is 66.9 Å². The van der Waals surface area contributed by atoms with Gasteiger partial charge in [-0.15, -0.1) is 0 Å². The van der Waals surface area contributed by atoms with Crippen LogP contribution >= 0.6 is 0 Å². The van der Waals surface area contributed by atoms with Gasteiger partial charge in [-0.05, 0) is 60.2 Å². The fraction of sp³-hybridized carbons (Fsp3) is 0.231. The van der Waals surface area contributed by atoms with Crippen molar-refractivity contribution in [1.29, 1.82) is 0 Å². The number of benzene rings is 2. The summed E-state index contributed by atoms with van der Waals surface area (Å²) in [5.74, 6) is -0.907. The zero-order chi connectivity index (χ0) is 21.1. The van der Waals surface area contributed by atoms with Gasteiger partial charge >= 0.3 is 5.97 Å². The molecule has 4 heteroatoms. The van der Waals surface area contributed by atoms with Gasteiger partial charge in [-0.1, -0.05) is 55.8 Å². The second kappa shape index (κ2) is 8.54. The molecule has 0 aliphatic rings. The number of hydrogen-bond acceptors (Lipinski definition) is 2. The van der Waals surface area contributed by atoms with Gasteiger partial charge in [0.1, 0.15) is 5.65 Å². The average Bonchev–Trinajstić information content (AvgIpc) is 3.11. The normalized spacial score (nSPS) is 11.1. The van der Waals surface area contributed by atoms with E-state index in [2.05, 4.69) is 47.7 Å². The lowest BCUT2D eigenvalue weighted by Crippen LogP contribution is -2.05. The number of nitrogens with zero attached hydrogens (tertiary/aromatic N) is 2. The predicted octanol–water partition coefficient (Wildman–Crippen LogP) is 6.10. The van der Waals surface area contributed by atoms with Gasteiger partial charge in [0.05, 0.1) is 5.56 Å². The number of aryl methyl sites for hydroxylation is 2. The number of fused-ring (bicyclic) bond motifs is 1. The molecule has 0 atom stereocenters. The zero-order valence-electron chi connectivity index (χ0n) is 17.4. The molecule has 0 fully saturated rings. The van der Waals surface area contributed by atoms with Crippen LogP contribution in [-0.4, -0.2) is 20.6 Å². The van der Waals surface area contributed by atoms with E-state index in [0.29, 0.717) is 5.56 Å². The van der Waals surface area contributed by atoms with Gasteiger partial charge in [0.2, 0.25) is 0 Å². The molecular formula is C26H26N2O2.